The summed E-state index contributed by atoms with van der Waals surface area (Å²) in [6.45, 7) is 5.24. The molecule has 0 aliphatic carbocycles. The van der Waals surface area contributed by atoms with Gasteiger partial charge in [0.05, 0.1) is 11.3 Å². The second kappa shape index (κ2) is 9.57. The molecule has 0 saturated carbocycles. The van der Waals surface area contributed by atoms with Crippen LogP contribution >= 0.6 is 23.2 Å². The number of piperazine rings is 1. The molecule has 1 aromatic heterocycles. The number of aromatic nitrogens is 1. The van der Waals surface area contributed by atoms with Crippen molar-refractivity contribution in [1.82, 2.24) is 14.4 Å². The van der Waals surface area contributed by atoms with Gasteiger partial charge in [0.15, 0.2) is 0 Å². The van der Waals surface area contributed by atoms with Gasteiger partial charge in [-0.1, -0.05) is 29.8 Å². The zero-order valence-electron chi connectivity index (χ0n) is 18.4. The van der Waals surface area contributed by atoms with Gasteiger partial charge in [-0.2, -0.15) is 0 Å². The number of benzene rings is 2. The standard InChI is InChI=1S/C25H24Cl2FN3O2/c1-16(26)24(32)29-10-12-30(13-11-29)25(33)22-15-23(18-6-8-19(27)9-7-18)31(17(22)2)21-5-3-4-20(28)14-21/h3-9,14-16H,10-13H2,1-2H3. The van der Waals surface area contributed by atoms with Crippen LogP contribution in [0.4, 0.5) is 4.39 Å². The quantitative estimate of drug-likeness (QED) is 0.477. The van der Waals surface area contributed by atoms with E-state index in [0.717, 1.165) is 11.3 Å². The molecule has 33 heavy (non-hydrogen) atoms. The van der Waals surface area contributed by atoms with Gasteiger partial charge in [-0.25, -0.2) is 4.39 Å². The van der Waals surface area contributed by atoms with Crippen LogP contribution in [0.25, 0.3) is 16.9 Å². The zero-order chi connectivity index (χ0) is 23.7. The van der Waals surface area contributed by atoms with Crippen molar-refractivity contribution in [2.24, 2.45) is 0 Å². The predicted octanol–water partition coefficient (Wildman–Crippen LogP) is 5.16. The number of carbonyl (C=O) groups excluding carboxylic acids is 2. The molecule has 2 heterocycles. The number of rotatable bonds is 4. The van der Waals surface area contributed by atoms with Crippen molar-refractivity contribution in [1.29, 1.82) is 0 Å². The Morgan fingerprint density at radius 3 is 2.21 bits per heavy atom. The van der Waals surface area contributed by atoms with Crippen LogP contribution in [0.1, 0.15) is 23.0 Å². The van der Waals surface area contributed by atoms with Gasteiger partial charge in [-0.05, 0) is 55.8 Å². The monoisotopic (exact) mass is 487 g/mol. The number of alkyl halides is 1. The van der Waals surface area contributed by atoms with E-state index >= 15 is 0 Å². The molecule has 0 bridgehead atoms. The molecule has 1 unspecified atom stereocenters. The first kappa shape index (κ1) is 23.3. The van der Waals surface area contributed by atoms with Crippen molar-refractivity contribution in [3.8, 4) is 16.9 Å². The molecule has 1 aliphatic rings. The molecule has 2 amide bonds. The Hall–Kier alpha value is -2.83. The van der Waals surface area contributed by atoms with Gasteiger partial charge < -0.3 is 14.4 Å². The first-order valence-electron chi connectivity index (χ1n) is 10.7. The van der Waals surface area contributed by atoms with Gasteiger partial charge in [-0.15, -0.1) is 11.6 Å². The molecule has 8 heteroatoms. The summed E-state index contributed by atoms with van der Waals surface area (Å²) in [6.07, 6.45) is 0. The van der Waals surface area contributed by atoms with Gasteiger partial charge in [0.25, 0.3) is 5.91 Å². The van der Waals surface area contributed by atoms with Gasteiger partial charge >= 0.3 is 0 Å². The second-order valence-corrected chi connectivity index (χ2v) is 9.18. The fraction of sp³-hybridized carbons (Fsp3) is 0.280. The van der Waals surface area contributed by atoms with Gasteiger partial charge in [-0.3, -0.25) is 9.59 Å². The Morgan fingerprint density at radius 1 is 0.970 bits per heavy atom. The number of hydrogen-bond donors (Lipinski definition) is 0. The SMILES string of the molecule is Cc1c(C(=O)N2CCN(C(=O)C(C)Cl)CC2)cc(-c2ccc(Cl)cc2)n1-c1cccc(F)c1. The molecule has 0 radical (unpaired) electrons. The van der Waals surface area contributed by atoms with Crippen LogP contribution in [-0.4, -0.2) is 57.7 Å². The van der Waals surface area contributed by atoms with Crippen molar-refractivity contribution in [3.63, 3.8) is 0 Å². The molecule has 1 saturated heterocycles. The summed E-state index contributed by atoms with van der Waals surface area (Å²) in [5.74, 6) is -0.601. The Labute approximate surface area is 202 Å². The molecule has 4 rings (SSSR count). The van der Waals surface area contributed by atoms with Crippen LogP contribution in [0.5, 0.6) is 0 Å². The van der Waals surface area contributed by atoms with Crippen molar-refractivity contribution >= 4 is 35.0 Å². The summed E-state index contributed by atoms with van der Waals surface area (Å²) >= 11 is 12.0. The highest BCUT2D eigenvalue weighted by Crippen LogP contribution is 2.31. The van der Waals surface area contributed by atoms with E-state index in [1.807, 2.05) is 35.8 Å². The molecule has 0 spiro atoms. The van der Waals surface area contributed by atoms with E-state index in [0.29, 0.717) is 48.1 Å². The molecular weight excluding hydrogens is 464 g/mol. The lowest BCUT2D eigenvalue weighted by molar-refractivity contribution is -0.131. The average Bonchev–Trinajstić information content (AvgIpc) is 3.15. The molecule has 0 N–H and O–H groups in total. The van der Waals surface area contributed by atoms with Crippen LogP contribution in [-0.2, 0) is 4.79 Å². The highest BCUT2D eigenvalue weighted by Gasteiger charge is 2.29. The molecule has 3 aromatic rings. The number of hydrogen-bond acceptors (Lipinski definition) is 2. The molecule has 1 fully saturated rings. The average molecular weight is 488 g/mol. The fourth-order valence-corrected chi connectivity index (χ4v) is 4.42. The summed E-state index contributed by atoms with van der Waals surface area (Å²) in [7, 11) is 0. The third-order valence-corrected chi connectivity index (χ3v) is 6.34. The summed E-state index contributed by atoms with van der Waals surface area (Å²) in [5.41, 5.74) is 3.50. The first-order chi connectivity index (χ1) is 15.8. The van der Waals surface area contributed by atoms with E-state index < -0.39 is 5.38 Å². The van der Waals surface area contributed by atoms with Gasteiger partial charge in [0, 0.05) is 42.6 Å². The summed E-state index contributed by atoms with van der Waals surface area (Å²) in [6, 6.07) is 15.4. The highest BCUT2D eigenvalue weighted by molar-refractivity contribution is 6.30. The van der Waals surface area contributed by atoms with Crippen LogP contribution in [0, 0.1) is 12.7 Å². The van der Waals surface area contributed by atoms with Crippen molar-refractivity contribution in [2.75, 3.05) is 26.2 Å². The van der Waals surface area contributed by atoms with Crippen molar-refractivity contribution < 1.29 is 14.0 Å². The lowest BCUT2D eigenvalue weighted by Crippen LogP contribution is -2.52. The molecule has 5 nitrogen and oxygen atoms in total. The third kappa shape index (κ3) is 4.77. The van der Waals surface area contributed by atoms with Crippen LogP contribution in [0.3, 0.4) is 0 Å². The third-order valence-electron chi connectivity index (χ3n) is 5.90. The summed E-state index contributed by atoms with van der Waals surface area (Å²) in [5, 5.41) is 0.0195. The molecule has 1 atom stereocenters. The number of amides is 2. The number of carbonyl (C=O) groups is 2. The summed E-state index contributed by atoms with van der Waals surface area (Å²) < 4.78 is 15.9. The minimum atomic E-state index is -0.586. The highest BCUT2D eigenvalue weighted by atomic mass is 35.5. The first-order valence-corrected chi connectivity index (χ1v) is 11.5. The van der Waals surface area contributed by atoms with E-state index in [4.69, 9.17) is 23.2 Å². The maximum atomic E-state index is 14.0. The predicted molar refractivity (Wildman–Crippen MR) is 129 cm³/mol. The van der Waals surface area contributed by atoms with Crippen LogP contribution < -0.4 is 0 Å². The minimum Gasteiger partial charge on any atom is -0.338 e. The Morgan fingerprint density at radius 2 is 1.61 bits per heavy atom. The fourth-order valence-electron chi connectivity index (χ4n) is 4.16. The molecule has 2 aromatic carbocycles. The van der Waals surface area contributed by atoms with Gasteiger partial charge in [0.2, 0.25) is 5.91 Å². The normalized spacial score (nSPS) is 14.9. The minimum absolute atomic E-state index is 0.121. The zero-order valence-corrected chi connectivity index (χ0v) is 19.9. The molecular formula is C25H24Cl2FN3O2. The van der Waals surface area contributed by atoms with Crippen LogP contribution in [0.15, 0.2) is 54.6 Å². The van der Waals surface area contributed by atoms with Crippen molar-refractivity contribution in [2.45, 2.75) is 19.2 Å². The van der Waals surface area contributed by atoms with E-state index in [2.05, 4.69) is 0 Å². The van der Waals surface area contributed by atoms with E-state index in [1.54, 1.807) is 34.9 Å². The Balaban J connectivity index is 1.69. The second-order valence-electron chi connectivity index (χ2n) is 8.08. The lowest BCUT2D eigenvalue weighted by atomic mass is 10.1. The van der Waals surface area contributed by atoms with Crippen molar-refractivity contribution in [3.05, 3.63) is 76.7 Å². The maximum Gasteiger partial charge on any atom is 0.255 e. The van der Waals surface area contributed by atoms with Gasteiger partial charge in [0.1, 0.15) is 11.2 Å². The lowest BCUT2D eigenvalue weighted by Gasteiger charge is -2.35. The number of nitrogens with zero attached hydrogens (tertiary/aromatic N) is 3. The van der Waals surface area contributed by atoms with Crippen LogP contribution in [0.2, 0.25) is 5.02 Å². The Kier molecular flexibility index (Phi) is 6.77. The largest absolute Gasteiger partial charge is 0.338 e. The molecule has 1 aliphatic heterocycles. The number of halogens is 3. The smallest absolute Gasteiger partial charge is 0.255 e. The Bertz CT molecular complexity index is 1180. The molecule has 172 valence electrons. The van der Waals surface area contributed by atoms with E-state index in [-0.39, 0.29) is 17.6 Å². The maximum absolute atomic E-state index is 14.0. The van der Waals surface area contributed by atoms with E-state index in [9.17, 15) is 14.0 Å². The van der Waals surface area contributed by atoms with E-state index in [1.165, 1.54) is 12.1 Å². The topological polar surface area (TPSA) is 45.6 Å². The summed E-state index contributed by atoms with van der Waals surface area (Å²) in [4.78, 5) is 29.1.